The summed E-state index contributed by atoms with van der Waals surface area (Å²) in [5.41, 5.74) is 0. The van der Waals surface area contributed by atoms with Crippen molar-refractivity contribution in [2.45, 2.75) is 55.3 Å². The van der Waals surface area contributed by atoms with Crippen LogP contribution in [-0.4, -0.2) is 14.9 Å². The Labute approximate surface area is 92.2 Å². The van der Waals surface area contributed by atoms with Gasteiger partial charge in [-0.1, -0.05) is 70.9 Å². The van der Waals surface area contributed by atoms with E-state index in [0.717, 1.165) is 12.8 Å². The summed E-state index contributed by atoms with van der Waals surface area (Å²) in [6.07, 6.45) is 6.94. The third-order valence-electron chi connectivity index (χ3n) is 1.89. The van der Waals surface area contributed by atoms with Crippen LogP contribution in [0.1, 0.15) is 45.4 Å². The fourth-order valence-corrected chi connectivity index (χ4v) is 1.61. The second kappa shape index (κ2) is 8.52. The van der Waals surface area contributed by atoms with Crippen LogP contribution in [0.5, 0.6) is 0 Å². The Morgan fingerprint density at radius 3 is 2.17 bits per heavy atom. The van der Waals surface area contributed by atoms with Crippen LogP contribution in [0, 0.1) is 0 Å². The Morgan fingerprint density at radius 2 is 1.67 bits per heavy atom. The lowest BCUT2D eigenvalue weighted by Gasteiger charge is -2.10. The van der Waals surface area contributed by atoms with Gasteiger partial charge in [0, 0.05) is 0 Å². The van der Waals surface area contributed by atoms with Gasteiger partial charge in [0.1, 0.15) is 0 Å². The average Bonchev–Trinajstić information content (AvgIpc) is 2.03. The molecule has 1 N–H and O–H groups in total. The molecule has 1 nitrogen and oxygen atoms in total. The van der Waals surface area contributed by atoms with Crippen molar-refractivity contribution in [3.05, 3.63) is 0 Å². The lowest BCUT2D eigenvalue weighted by molar-refractivity contribution is 0.180. The van der Waals surface area contributed by atoms with E-state index in [1.165, 1.54) is 25.7 Å². The zero-order chi connectivity index (χ0) is 9.40. The minimum Gasteiger partial charge on any atom is -0.391 e. The van der Waals surface area contributed by atoms with Gasteiger partial charge in [-0.3, -0.25) is 0 Å². The maximum atomic E-state index is 9.39. The molecule has 12 heavy (non-hydrogen) atoms. The van der Waals surface area contributed by atoms with E-state index in [9.17, 15) is 5.11 Å². The SMILES string of the molecule is CCCCCCCC(O)C(Br)Br. The third-order valence-corrected chi connectivity index (χ3v) is 3.11. The van der Waals surface area contributed by atoms with E-state index in [2.05, 4.69) is 38.8 Å². The molecule has 1 atom stereocenters. The van der Waals surface area contributed by atoms with Crippen molar-refractivity contribution in [2.24, 2.45) is 0 Å². The first-order valence-corrected chi connectivity index (χ1v) is 6.47. The Kier molecular flexibility index (Phi) is 9.17. The van der Waals surface area contributed by atoms with Gasteiger partial charge in [0.15, 0.2) is 0 Å². The first kappa shape index (κ1) is 12.9. The van der Waals surface area contributed by atoms with E-state index in [-0.39, 0.29) is 9.84 Å². The Hall–Kier alpha value is 0.920. The van der Waals surface area contributed by atoms with Crippen LogP contribution in [0.15, 0.2) is 0 Å². The molecule has 74 valence electrons. The molecule has 0 aliphatic carbocycles. The topological polar surface area (TPSA) is 20.2 Å². The standard InChI is InChI=1S/C9H18Br2O/c1-2-3-4-5-6-7-8(12)9(10)11/h8-9,12H,2-7H2,1H3. The molecule has 0 aromatic carbocycles. The normalized spacial score (nSPS) is 13.8. The van der Waals surface area contributed by atoms with Crippen molar-refractivity contribution in [1.29, 1.82) is 0 Å². The molecule has 3 heteroatoms. The van der Waals surface area contributed by atoms with Crippen LogP contribution < -0.4 is 0 Å². The van der Waals surface area contributed by atoms with Gasteiger partial charge in [-0.25, -0.2) is 0 Å². The van der Waals surface area contributed by atoms with E-state index in [1.54, 1.807) is 0 Å². The van der Waals surface area contributed by atoms with E-state index < -0.39 is 0 Å². The lowest BCUT2D eigenvalue weighted by atomic mass is 10.1. The van der Waals surface area contributed by atoms with Crippen LogP contribution >= 0.6 is 31.9 Å². The summed E-state index contributed by atoms with van der Waals surface area (Å²) >= 11 is 6.58. The number of halogens is 2. The van der Waals surface area contributed by atoms with Gasteiger partial charge < -0.3 is 5.11 Å². The molecule has 0 rings (SSSR count). The van der Waals surface area contributed by atoms with E-state index in [1.807, 2.05) is 0 Å². The second-order valence-electron chi connectivity index (χ2n) is 3.10. The predicted molar refractivity (Wildman–Crippen MR) is 61.0 cm³/mol. The minimum absolute atomic E-state index is 0.0520. The van der Waals surface area contributed by atoms with Gasteiger partial charge in [0.2, 0.25) is 0 Å². The first-order chi connectivity index (χ1) is 5.68. The molecule has 0 bridgehead atoms. The molecule has 0 fully saturated rings. The van der Waals surface area contributed by atoms with E-state index in [0.29, 0.717) is 0 Å². The first-order valence-electron chi connectivity index (χ1n) is 4.64. The Balaban J connectivity index is 3.08. The largest absolute Gasteiger partial charge is 0.391 e. The number of alkyl halides is 2. The average molecular weight is 302 g/mol. The zero-order valence-electron chi connectivity index (χ0n) is 7.60. The monoisotopic (exact) mass is 300 g/mol. The predicted octanol–water partition coefficient (Wildman–Crippen LogP) is 3.82. The minimum atomic E-state index is -0.244. The summed E-state index contributed by atoms with van der Waals surface area (Å²) < 4.78 is 0.0520. The molecule has 0 aliphatic heterocycles. The zero-order valence-corrected chi connectivity index (χ0v) is 10.8. The number of hydrogen-bond donors (Lipinski definition) is 1. The maximum Gasteiger partial charge on any atom is 0.0956 e. The summed E-state index contributed by atoms with van der Waals surface area (Å²) in [5.74, 6) is 0. The Bertz CT molecular complexity index is 96.5. The molecule has 0 aliphatic rings. The van der Waals surface area contributed by atoms with Crippen molar-refractivity contribution >= 4 is 31.9 Å². The van der Waals surface area contributed by atoms with Crippen LogP contribution in [0.2, 0.25) is 0 Å². The molecule has 0 radical (unpaired) electrons. The van der Waals surface area contributed by atoms with Crippen LogP contribution in [-0.2, 0) is 0 Å². The van der Waals surface area contributed by atoms with Crippen molar-refractivity contribution in [3.63, 3.8) is 0 Å². The molecule has 0 aromatic heterocycles. The van der Waals surface area contributed by atoms with Gasteiger partial charge in [-0.15, -0.1) is 0 Å². The second-order valence-corrected chi connectivity index (χ2v) is 6.31. The number of hydrogen-bond acceptors (Lipinski definition) is 1. The van der Waals surface area contributed by atoms with Crippen molar-refractivity contribution in [2.75, 3.05) is 0 Å². The molecule has 0 spiro atoms. The molecule has 0 saturated heterocycles. The number of rotatable bonds is 7. The molecular formula is C9H18Br2O. The highest BCUT2D eigenvalue weighted by Gasteiger charge is 2.10. The van der Waals surface area contributed by atoms with E-state index >= 15 is 0 Å². The molecule has 1 unspecified atom stereocenters. The quantitative estimate of drug-likeness (QED) is 0.560. The summed E-state index contributed by atoms with van der Waals surface area (Å²) in [5, 5.41) is 9.39. The van der Waals surface area contributed by atoms with Gasteiger partial charge in [-0.2, -0.15) is 0 Å². The van der Waals surface area contributed by atoms with E-state index in [4.69, 9.17) is 0 Å². The van der Waals surface area contributed by atoms with Gasteiger partial charge in [-0.05, 0) is 6.42 Å². The molecular weight excluding hydrogens is 284 g/mol. The van der Waals surface area contributed by atoms with Crippen molar-refractivity contribution in [1.82, 2.24) is 0 Å². The number of aliphatic hydroxyl groups is 1. The molecule has 0 amide bonds. The van der Waals surface area contributed by atoms with Crippen molar-refractivity contribution in [3.8, 4) is 0 Å². The number of aliphatic hydroxyl groups excluding tert-OH is 1. The molecule has 0 heterocycles. The van der Waals surface area contributed by atoms with Crippen LogP contribution in [0.4, 0.5) is 0 Å². The maximum absolute atomic E-state index is 9.39. The van der Waals surface area contributed by atoms with Crippen LogP contribution in [0.3, 0.4) is 0 Å². The highest BCUT2D eigenvalue weighted by Crippen LogP contribution is 2.18. The van der Waals surface area contributed by atoms with Gasteiger partial charge >= 0.3 is 0 Å². The highest BCUT2D eigenvalue weighted by molar-refractivity contribution is 9.24. The number of unbranched alkanes of at least 4 members (excludes halogenated alkanes) is 4. The smallest absolute Gasteiger partial charge is 0.0956 e. The Morgan fingerprint density at radius 1 is 1.08 bits per heavy atom. The lowest BCUT2D eigenvalue weighted by Crippen LogP contribution is -2.13. The van der Waals surface area contributed by atoms with Gasteiger partial charge in [0.05, 0.1) is 9.84 Å². The third kappa shape index (κ3) is 7.56. The summed E-state index contributed by atoms with van der Waals surface area (Å²) in [6, 6.07) is 0. The fourth-order valence-electron chi connectivity index (χ4n) is 1.08. The van der Waals surface area contributed by atoms with Crippen LogP contribution in [0.25, 0.3) is 0 Å². The molecule has 0 saturated carbocycles. The van der Waals surface area contributed by atoms with Gasteiger partial charge in [0.25, 0.3) is 0 Å². The highest BCUT2D eigenvalue weighted by atomic mass is 79.9. The summed E-state index contributed by atoms with van der Waals surface area (Å²) in [7, 11) is 0. The molecule has 0 aromatic rings. The summed E-state index contributed by atoms with van der Waals surface area (Å²) in [6.45, 7) is 2.21. The fraction of sp³-hybridized carbons (Fsp3) is 1.00. The summed E-state index contributed by atoms with van der Waals surface area (Å²) in [4.78, 5) is 0. The van der Waals surface area contributed by atoms with Crippen molar-refractivity contribution < 1.29 is 5.11 Å².